The van der Waals surface area contributed by atoms with Gasteiger partial charge in [0, 0.05) is 43.6 Å². The van der Waals surface area contributed by atoms with Gasteiger partial charge in [-0.2, -0.15) is 0 Å². The van der Waals surface area contributed by atoms with Gasteiger partial charge >= 0.3 is 0 Å². The molecule has 4 nitrogen and oxygen atoms in total. The van der Waals surface area contributed by atoms with Crippen LogP contribution in [0.15, 0.2) is 115 Å². The predicted octanol–water partition coefficient (Wildman–Crippen LogP) is 8.96. The highest BCUT2D eigenvalue weighted by Crippen LogP contribution is 2.40. The molecule has 0 bridgehead atoms. The molecule has 0 atom stereocenters. The lowest BCUT2D eigenvalue weighted by atomic mass is 10.0. The maximum absolute atomic E-state index is 6.71. The highest BCUT2D eigenvalue weighted by molar-refractivity contribution is 7.26. The standard InChI is InChI=1S/C32H19ClN4S/c33-24-18-22(25-15-16-34-28-26-13-7-8-14-27(26)38-29(25)28)17-23(19-24)32-36-30(20-9-3-1-4-10-20)35-31(37-32)21-11-5-2-6-12-21/h1-19H. The van der Waals surface area contributed by atoms with Gasteiger partial charge in [0.05, 0.1) is 10.2 Å². The number of halogens is 1. The van der Waals surface area contributed by atoms with Crippen molar-refractivity contribution in [3.05, 3.63) is 120 Å². The highest BCUT2D eigenvalue weighted by atomic mass is 35.5. The van der Waals surface area contributed by atoms with Crippen molar-refractivity contribution in [1.29, 1.82) is 0 Å². The summed E-state index contributed by atoms with van der Waals surface area (Å²) in [5, 5.41) is 1.78. The van der Waals surface area contributed by atoms with Gasteiger partial charge in [-0.3, -0.25) is 4.98 Å². The fourth-order valence-corrected chi connectivity index (χ4v) is 6.08. The summed E-state index contributed by atoms with van der Waals surface area (Å²) in [6.07, 6.45) is 1.86. The average molecular weight is 527 g/mol. The summed E-state index contributed by atoms with van der Waals surface area (Å²) in [5.74, 6) is 1.81. The number of rotatable bonds is 4. The topological polar surface area (TPSA) is 51.6 Å². The lowest BCUT2D eigenvalue weighted by Gasteiger charge is -2.10. The van der Waals surface area contributed by atoms with E-state index in [1.54, 1.807) is 11.3 Å². The first-order chi connectivity index (χ1) is 18.7. The van der Waals surface area contributed by atoms with Crippen LogP contribution in [0.1, 0.15) is 0 Å². The van der Waals surface area contributed by atoms with Crippen molar-refractivity contribution in [2.24, 2.45) is 0 Å². The molecule has 6 heteroatoms. The zero-order valence-corrected chi connectivity index (χ0v) is 21.6. The van der Waals surface area contributed by atoms with Gasteiger partial charge in [-0.15, -0.1) is 11.3 Å². The molecule has 0 aliphatic carbocycles. The van der Waals surface area contributed by atoms with Gasteiger partial charge in [-0.05, 0) is 35.9 Å². The summed E-state index contributed by atoms with van der Waals surface area (Å²) in [7, 11) is 0. The second-order valence-corrected chi connectivity index (χ2v) is 10.4. The van der Waals surface area contributed by atoms with Crippen LogP contribution in [-0.2, 0) is 0 Å². The number of benzene rings is 4. The van der Waals surface area contributed by atoms with Crippen LogP contribution in [0.4, 0.5) is 0 Å². The molecule has 0 aliphatic heterocycles. The lowest BCUT2D eigenvalue weighted by Crippen LogP contribution is -2.00. The number of hydrogen-bond donors (Lipinski definition) is 0. The number of pyridine rings is 1. The van der Waals surface area contributed by atoms with Gasteiger partial charge in [0.2, 0.25) is 0 Å². The Balaban J connectivity index is 1.43. The number of nitrogens with zero attached hydrogens (tertiary/aromatic N) is 4. The normalized spacial score (nSPS) is 11.3. The minimum atomic E-state index is 0.572. The Labute approximate surface area is 228 Å². The largest absolute Gasteiger partial charge is 0.255 e. The Hall–Kier alpha value is -4.45. The molecule has 3 aromatic heterocycles. The Bertz CT molecular complexity index is 1880. The van der Waals surface area contributed by atoms with Crippen LogP contribution < -0.4 is 0 Å². The minimum absolute atomic E-state index is 0.572. The van der Waals surface area contributed by atoms with Crippen LogP contribution in [-0.4, -0.2) is 19.9 Å². The maximum Gasteiger partial charge on any atom is 0.164 e. The van der Waals surface area contributed by atoms with Gasteiger partial charge < -0.3 is 0 Å². The van der Waals surface area contributed by atoms with Crippen molar-refractivity contribution >= 4 is 43.2 Å². The average Bonchev–Trinajstić information content (AvgIpc) is 3.36. The molecule has 7 aromatic rings. The van der Waals surface area contributed by atoms with E-state index in [0.29, 0.717) is 22.5 Å². The molecule has 0 radical (unpaired) electrons. The molecule has 0 saturated carbocycles. The summed E-state index contributed by atoms with van der Waals surface area (Å²) in [6, 6.07) is 36.3. The Morgan fingerprint density at radius 3 is 1.82 bits per heavy atom. The van der Waals surface area contributed by atoms with Crippen molar-refractivity contribution in [2.45, 2.75) is 0 Å². The van der Waals surface area contributed by atoms with Crippen LogP contribution in [0.2, 0.25) is 5.02 Å². The van der Waals surface area contributed by atoms with E-state index in [1.165, 1.54) is 4.70 Å². The van der Waals surface area contributed by atoms with Gasteiger partial charge in [0.15, 0.2) is 17.5 Å². The molecule has 0 fully saturated rings. The third-order valence-electron chi connectivity index (χ3n) is 6.43. The molecule has 38 heavy (non-hydrogen) atoms. The van der Waals surface area contributed by atoms with Gasteiger partial charge in [0.1, 0.15) is 0 Å². The van der Waals surface area contributed by atoms with Gasteiger partial charge in [0.25, 0.3) is 0 Å². The van der Waals surface area contributed by atoms with Crippen molar-refractivity contribution in [3.63, 3.8) is 0 Å². The number of thiophene rings is 1. The van der Waals surface area contributed by atoms with E-state index in [4.69, 9.17) is 31.5 Å². The molecular weight excluding hydrogens is 508 g/mol. The summed E-state index contributed by atoms with van der Waals surface area (Å²) >= 11 is 8.45. The Kier molecular flexibility index (Phi) is 5.65. The van der Waals surface area contributed by atoms with Crippen molar-refractivity contribution in [1.82, 2.24) is 19.9 Å². The first kappa shape index (κ1) is 22.7. The summed E-state index contributed by atoms with van der Waals surface area (Å²) in [6.45, 7) is 0. The molecule has 4 aromatic carbocycles. The number of fused-ring (bicyclic) bond motifs is 3. The second kappa shape index (κ2) is 9.45. The van der Waals surface area contributed by atoms with Crippen LogP contribution in [0.5, 0.6) is 0 Å². The third-order valence-corrected chi connectivity index (χ3v) is 7.84. The summed E-state index contributed by atoms with van der Waals surface area (Å²) in [5.41, 5.74) is 5.77. The molecule has 0 N–H and O–H groups in total. The van der Waals surface area contributed by atoms with Crippen LogP contribution in [0.3, 0.4) is 0 Å². The van der Waals surface area contributed by atoms with Crippen molar-refractivity contribution in [2.75, 3.05) is 0 Å². The molecule has 0 spiro atoms. The second-order valence-electron chi connectivity index (χ2n) is 8.90. The van der Waals surface area contributed by atoms with E-state index >= 15 is 0 Å². The molecule has 180 valence electrons. The molecule has 0 saturated heterocycles. The predicted molar refractivity (Wildman–Crippen MR) is 157 cm³/mol. The molecule has 0 unspecified atom stereocenters. The zero-order chi connectivity index (χ0) is 25.5. The number of aromatic nitrogens is 4. The summed E-state index contributed by atoms with van der Waals surface area (Å²) in [4.78, 5) is 19.3. The maximum atomic E-state index is 6.71. The SMILES string of the molecule is Clc1cc(-c2nc(-c3ccccc3)nc(-c3ccccc3)n2)cc(-c2ccnc3c2sc2ccccc23)c1. The monoisotopic (exact) mass is 526 g/mol. The van der Waals surface area contributed by atoms with E-state index in [2.05, 4.69) is 30.3 Å². The van der Waals surface area contributed by atoms with E-state index < -0.39 is 0 Å². The zero-order valence-electron chi connectivity index (χ0n) is 20.0. The van der Waals surface area contributed by atoms with Crippen LogP contribution in [0, 0.1) is 0 Å². The first-order valence-electron chi connectivity index (χ1n) is 12.2. The van der Waals surface area contributed by atoms with Gasteiger partial charge in [-0.25, -0.2) is 15.0 Å². The van der Waals surface area contributed by atoms with Crippen LogP contribution >= 0.6 is 22.9 Å². The fraction of sp³-hybridized carbons (Fsp3) is 0. The first-order valence-corrected chi connectivity index (χ1v) is 13.4. The van der Waals surface area contributed by atoms with Gasteiger partial charge in [-0.1, -0.05) is 90.5 Å². The minimum Gasteiger partial charge on any atom is -0.255 e. The van der Waals surface area contributed by atoms with E-state index in [0.717, 1.165) is 43.4 Å². The number of hydrogen-bond acceptors (Lipinski definition) is 5. The van der Waals surface area contributed by atoms with Crippen molar-refractivity contribution < 1.29 is 0 Å². The molecular formula is C32H19ClN4S. The molecule has 7 rings (SSSR count). The summed E-state index contributed by atoms with van der Waals surface area (Å²) < 4.78 is 2.34. The Morgan fingerprint density at radius 2 is 1.13 bits per heavy atom. The third kappa shape index (κ3) is 4.12. The Morgan fingerprint density at radius 1 is 0.553 bits per heavy atom. The highest BCUT2D eigenvalue weighted by Gasteiger charge is 2.16. The quantitative estimate of drug-likeness (QED) is 0.229. The van der Waals surface area contributed by atoms with Crippen molar-refractivity contribution in [3.8, 4) is 45.3 Å². The van der Waals surface area contributed by atoms with E-state index in [9.17, 15) is 0 Å². The lowest BCUT2D eigenvalue weighted by molar-refractivity contribution is 1.07. The van der Waals surface area contributed by atoms with E-state index in [1.807, 2.05) is 85.1 Å². The van der Waals surface area contributed by atoms with Crippen LogP contribution in [0.25, 0.3) is 65.6 Å². The van der Waals surface area contributed by atoms with E-state index in [-0.39, 0.29) is 0 Å². The molecule has 3 heterocycles. The fourth-order valence-electron chi connectivity index (χ4n) is 4.64. The smallest absolute Gasteiger partial charge is 0.164 e. The molecule has 0 amide bonds. The molecule has 0 aliphatic rings.